The van der Waals surface area contributed by atoms with Crippen molar-refractivity contribution in [1.29, 1.82) is 0 Å². The number of nitrogens with zero attached hydrogens (tertiary/aromatic N) is 1. The molecule has 4 rings (SSSR count). The van der Waals surface area contributed by atoms with Crippen molar-refractivity contribution in [2.24, 2.45) is 0 Å². The van der Waals surface area contributed by atoms with Crippen LogP contribution in [0.1, 0.15) is 22.8 Å². The van der Waals surface area contributed by atoms with E-state index >= 15 is 0 Å². The number of carbonyl (C=O) groups is 3. The maximum absolute atomic E-state index is 13.3. The van der Waals surface area contributed by atoms with E-state index in [0.717, 1.165) is 10.5 Å². The minimum absolute atomic E-state index is 0.110. The lowest BCUT2D eigenvalue weighted by Crippen LogP contribution is -2.32. The van der Waals surface area contributed by atoms with Crippen LogP contribution >= 0.6 is 11.6 Å². The first-order chi connectivity index (χ1) is 18.3. The van der Waals surface area contributed by atoms with Gasteiger partial charge in [-0.1, -0.05) is 17.7 Å². The van der Waals surface area contributed by atoms with Crippen LogP contribution in [0.2, 0.25) is 0 Å². The van der Waals surface area contributed by atoms with Gasteiger partial charge in [0.05, 0.1) is 26.5 Å². The Morgan fingerprint density at radius 2 is 1.63 bits per heavy atom. The molecule has 0 aromatic heterocycles. The molecule has 0 bridgehead atoms. The smallest absolute Gasteiger partial charge is 0.283 e. The second-order valence-electron chi connectivity index (χ2n) is 8.24. The first-order valence-electron chi connectivity index (χ1n) is 11.7. The van der Waals surface area contributed by atoms with Crippen molar-refractivity contribution in [1.82, 2.24) is 0 Å². The third-order valence-electron chi connectivity index (χ3n) is 5.84. The lowest BCUT2D eigenvalue weighted by molar-refractivity contribution is -0.120. The Balaban J connectivity index is 1.56. The number of ether oxygens (including phenoxy) is 3. The highest BCUT2D eigenvalue weighted by atomic mass is 35.5. The molecule has 38 heavy (non-hydrogen) atoms. The van der Waals surface area contributed by atoms with Gasteiger partial charge in [-0.2, -0.15) is 0 Å². The van der Waals surface area contributed by atoms with Crippen LogP contribution in [0.3, 0.4) is 0 Å². The summed E-state index contributed by atoms with van der Waals surface area (Å²) in [6, 6.07) is 16.7. The van der Waals surface area contributed by atoms with Gasteiger partial charge in [0.2, 0.25) is 0 Å². The summed E-state index contributed by atoms with van der Waals surface area (Å²) in [5.74, 6) is -0.249. The number of halogens is 1. The fourth-order valence-electron chi connectivity index (χ4n) is 3.84. The van der Waals surface area contributed by atoms with Crippen molar-refractivity contribution in [3.8, 4) is 17.2 Å². The molecule has 3 aromatic carbocycles. The minimum atomic E-state index is -0.704. The standard InChI is InChI=1S/C28H26ClN3O6/c1-5-38-19-10-8-18(9-11-19)30-26(33)17-7-6-16(2)21(14-17)31-25-24(29)27(34)32(28(25)35)22-13-12-20(36-3)15-23(22)37-4/h6-15,31H,5H2,1-4H3,(H,30,33). The maximum atomic E-state index is 13.3. The summed E-state index contributed by atoms with van der Waals surface area (Å²) in [6.45, 7) is 4.24. The number of rotatable bonds is 9. The molecule has 0 saturated carbocycles. The molecule has 9 nitrogen and oxygen atoms in total. The van der Waals surface area contributed by atoms with Gasteiger partial charge in [-0.25, -0.2) is 4.90 Å². The van der Waals surface area contributed by atoms with Crippen LogP contribution in [-0.2, 0) is 9.59 Å². The van der Waals surface area contributed by atoms with Crippen LogP contribution in [0.5, 0.6) is 17.2 Å². The van der Waals surface area contributed by atoms with E-state index in [1.807, 2.05) is 6.92 Å². The molecule has 10 heteroatoms. The lowest BCUT2D eigenvalue weighted by atomic mass is 10.1. The van der Waals surface area contributed by atoms with Crippen LogP contribution in [0.4, 0.5) is 17.1 Å². The Labute approximate surface area is 224 Å². The van der Waals surface area contributed by atoms with Crippen LogP contribution < -0.4 is 29.7 Å². The van der Waals surface area contributed by atoms with Gasteiger partial charge in [-0.05, 0) is 67.9 Å². The lowest BCUT2D eigenvalue weighted by Gasteiger charge is -2.19. The highest BCUT2D eigenvalue weighted by Crippen LogP contribution is 2.38. The Morgan fingerprint density at radius 1 is 0.921 bits per heavy atom. The summed E-state index contributed by atoms with van der Waals surface area (Å²) >= 11 is 6.32. The number of nitrogens with one attached hydrogen (secondary N) is 2. The third kappa shape index (κ3) is 5.28. The molecule has 0 atom stereocenters. The van der Waals surface area contributed by atoms with Crippen molar-refractivity contribution in [3.63, 3.8) is 0 Å². The zero-order valence-corrected chi connectivity index (χ0v) is 22.0. The van der Waals surface area contributed by atoms with Gasteiger partial charge < -0.3 is 24.8 Å². The van der Waals surface area contributed by atoms with Crippen LogP contribution in [0, 0.1) is 6.92 Å². The maximum Gasteiger partial charge on any atom is 0.283 e. The largest absolute Gasteiger partial charge is 0.497 e. The van der Waals surface area contributed by atoms with Crippen molar-refractivity contribution < 1.29 is 28.6 Å². The topological polar surface area (TPSA) is 106 Å². The average molecular weight is 536 g/mol. The van der Waals surface area contributed by atoms with Crippen LogP contribution in [0.15, 0.2) is 71.4 Å². The Kier molecular flexibility index (Phi) is 7.87. The van der Waals surface area contributed by atoms with E-state index in [4.69, 9.17) is 25.8 Å². The number of anilines is 3. The summed E-state index contributed by atoms with van der Waals surface area (Å²) in [5.41, 5.74) is 2.23. The Hall–Kier alpha value is -4.50. The van der Waals surface area contributed by atoms with E-state index in [2.05, 4.69) is 10.6 Å². The molecule has 1 aliphatic rings. The Bertz CT molecular complexity index is 1440. The van der Waals surface area contributed by atoms with Crippen molar-refractivity contribution >= 4 is 46.4 Å². The molecular weight excluding hydrogens is 510 g/mol. The summed E-state index contributed by atoms with van der Waals surface area (Å²) in [4.78, 5) is 40.1. The molecule has 3 amide bonds. The highest BCUT2D eigenvalue weighted by molar-refractivity contribution is 6.53. The van der Waals surface area contributed by atoms with Gasteiger partial charge in [0.15, 0.2) is 0 Å². The van der Waals surface area contributed by atoms with Gasteiger partial charge in [0, 0.05) is 23.0 Å². The zero-order chi connectivity index (χ0) is 27.4. The molecule has 3 aromatic rings. The molecule has 1 aliphatic heterocycles. The molecule has 0 aliphatic carbocycles. The van der Waals surface area contributed by atoms with Gasteiger partial charge in [-0.15, -0.1) is 0 Å². The molecule has 0 unspecified atom stereocenters. The van der Waals surface area contributed by atoms with Crippen molar-refractivity contribution in [2.75, 3.05) is 36.4 Å². The van der Waals surface area contributed by atoms with E-state index in [1.54, 1.807) is 61.5 Å². The summed E-state index contributed by atoms with van der Waals surface area (Å²) in [7, 11) is 2.92. The summed E-state index contributed by atoms with van der Waals surface area (Å²) < 4.78 is 16.0. The molecule has 2 N–H and O–H groups in total. The number of benzene rings is 3. The summed E-state index contributed by atoms with van der Waals surface area (Å²) in [6.07, 6.45) is 0. The van der Waals surface area contributed by atoms with Crippen molar-refractivity contribution in [3.05, 3.63) is 82.5 Å². The van der Waals surface area contributed by atoms with Gasteiger partial charge >= 0.3 is 0 Å². The van der Waals surface area contributed by atoms with Gasteiger partial charge in [-0.3, -0.25) is 14.4 Å². The fraction of sp³-hybridized carbons (Fsp3) is 0.179. The quantitative estimate of drug-likeness (QED) is 0.367. The molecule has 0 spiro atoms. The summed E-state index contributed by atoms with van der Waals surface area (Å²) in [5, 5.41) is 5.50. The van der Waals surface area contributed by atoms with Crippen molar-refractivity contribution in [2.45, 2.75) is 13.8 Å². The number of hydrogen-bond acceptors (Lipinski definition) is 7. The average Bonchev–Trinajstić information content (AvgIpc) is 3.13. The molecule has 0 radical (unpaired) electrons. The first kappa shape index (κ1) is 26.6. The van der Waals surface area contributed by atoms with E-state index < -0.39 is 11.8 Å². The number of aryl methyl sites for hydroxylation is 1. The number of imide groups is 1. The normalized spacial score (nSPS) is 13.0. The first-order valence-corrected chi connectivity index (χ1v) is 12.1. The SMILES string of the molecule is CCOc1ccc(NC(=O)c2ccc(C)c(NC3=C(Cl)C(=O)N(c4ccc(OC)cc4OC)C3=O)c2)cc1. The van der Waals surface area contributed by atoms with E-state index in [0.29, 0.717) is 35.0 Å². The Morgan fingerprint density at radius 3 is 2.29 bits per heavy atom. The van der Waals surface area contributed by atoms with E-state index in [1.165, 1.54) is 20.3 Å². The van der Waals surface area contributed by atoms with Gasteiger partial charge in [0.1, 0.15) is 28.0 Å². The predicted octanol–water partition coefficient (Wildman–Crippen LogP) is 5.10. The second-order valence-corrected chi connectivity index (χ2v) is 8.62. The molecule has 196 valence electrons. The van der Waals surface area contributed by atoms with E-state index in [9.17, 15) is 14.4 Å². The fourth-order valence-corrected chi connectivity index (χ4v) is 4.05. The molecular formula is C28H26ClN3O6. The molecule has 0 saturated heterocycles. The molecule has 0 fully saturated rings. The number of methoxy groups -OCH3 is 2. The monoisotopic (exact) mass is 535 g/mol. The molecule has 1 heterocycles. The third-order valence-corrected chi connectivity index (χ3v) is 6.19. The van der Waals surface area contributed by atoms with E-state index in [-0.39, 0.29) is 28.1 Å². The van der Waals surface area contributed by atoms with Gasteiger partial charge in [0.25, 0.3) is 17.7 Å². The predicted molar refractivity (Wildman–Crippen MR) is 145 cm³/mol. The van der Waals surface area contributed by atoms with Crippen LogP contribution in [-0.4, -0.2) is 38.5 Å². The number of hydrogen-bond donors (Lipinski definition) is 2. The highest BCUT2D eigenvalue weighted by Gasteiger charge is 2.40. The minimum Gasteiger partial charge on any atom is -0.497 e. The van der Waals surface area contributed by atoms with Crippen LogP contribution in [0.25, 0.3) is 0 Å². The number of amides is 3. The second kappa shape index (κ2) is 11.3. The zero-order valence-electron chi connectivity index (χ0n) is 21.3. The number of carbonyl (C=O) groups excluding carboxylic acids is 3.